The Kier molecular flexibility index (Phi) is 5.17. The third-order valence-electron chi connectivity index (χ3n) is 1.24. The van der Waals surface area contributed by atoms with Gasteiger partial charge in [0.05, 0.1) is 0 Å². The quantitative estimate of drug-likeness (QED) is 0.447. The Bertz CT molecular complexity index is 150. The molecule has 2 heteroatoms. The van der Waals surface area contributed by atoms with Gasteiger partial charge in [-0.2, -0.15) is 0 Å². The summed E-state index contributed by atoms with van der Waals surface area (Å²) in [7, 11) is 0. The van der Waals surface area contributed by atoms with Gasteiger partial charge in [0, 0.05) is 6.92 Å². The smallest absolute Gasteiger partial charge is 0.303 e. The van der Waals surface area contributed by atoms with Gasteiger partial charge in [0.1, 0.15) is 6.10 Å². The number of carbonyl (C=O) groups is 1. The Morgan fingerprint density at radius 3 is 2.64 bits per heavy atom. The van der Waals surface area contributed by atoms with E-state index in [4.69, 9.17) is 4.74 Å². The molecule has 0 spiro atoms. The molecule has 0 aromatic heterocycles. The molecular weight excluding hydrogens is 140 g/mol. The number of rotatable bonds is 5. The molecule has 0 amide bonds. The van der Waals surface area contributed by atoms with Crippen LogP contribution in [0.25, 0.3) is 0 Å². The molecule has 0 aliphatic heterocycles. The fraction of sp³-hybridized carbons (Fsp3) is 0.444. The van der Waals surface area contributed by atoms with E-state index in [0.717, 1.165) is 12.8 Å². The van der Waals surface area contributed by atoms with Gasteiger partial charge in [-0.15, -0.1) is 6.58 Å². The van der Waals surface area contributed by atoms with Crippen molar-refractivity contribution in [3.8, 4) is 0 Å². The highest BCUT2D eigenvalue weighted by molar-refractivity contribution is 5.66. The van der Waals surface area contributed by atoms with Crippen molar-refractivity contribution < 1.29 is 9.53 Å². The minimum Gasteiger partial charge on any atom is -0.458 e. The van der Waals surface area contributed by atoms with Crippen molar-refractivity contribution in [1.29, 1.82) is 0 Å². The zero-order valence-corrected chi connectivity index (χ0v) is 6.88. The molecule has 2 nitrogen and oxygen atoms in total. The minimum absolute atomic E-state index is 0.162. The largest absolute Gasteiger partial charge is 0.458 e. The maximum Gasteiger partial charge on any atom is 0.303 e. The lowest BCUT2D eigenvalue weighted by atomic mass is 10.2. The number of esters is 1. The van der Waals surface area contributed by atoms with Crippen LogP contribution in [0.2, 0.25) is 0 Å². The normalized spacial score (nSPS) is 11.7. The summed E-state index contributed by atoms with van der Waals surface area (Å²) in [5.74, 6) is -0.265. The average molecular weight is 154 g/mol. The van der Waals surface area contributed by atoms with Crippen LogP contribution < -0.4 is 0 Å². The van der Waals surface area contributed by atoms with Gasteiger partial charge in [0.25, 0.3) is 0 Å². The van der Waals surface area contributed by atoms with Crippen molar-refractivity contribution in [2.45, 2.75) is 25.9 Å². The predicted octanol–water partition coefficient (Wildman–Crippen LogP) is 2.07. The van der Waals surface area contributed by atoms with Crippen LogP contribution in [0.1, 0.15) is 19.8 Å². The Morgan fingerprint density at radius 2 is 2.27 bits per heavy atom. The maximum atomic E-state index is 10.5. The summed E-state index contributed by atoms with van der Waals surface area (Å²) in [5, 5.41) is 0. The Hall–Kier alpha value is -1.05. The second-order valence-electron chi connectivity index (χ2n) is 2.25. The zero-order valence-electron chi connectivity index (χ0n) is 6.88. The lowest BCUT2D eigenvalue weighted by Crippen LogP contribution is -2.12. The van der Waals surface area contributed by atoms with E-state index in [2.05, 4.69) is 13.2 Å². The standard InChI is InChI=1S/C9H14O2/c1-4-6-7-9(5-2)11-8(3)10/h4-5,9H,1-2,6-7H2,3H3. The summed E-state index contributed by atoms with van der Waals surface area (Å²) in [4.78, 5) is 10.5. The summed E-state index contributed by atoms with van der Waals surface area (Å²) >= 11 is 0. The molecule has 0 saturated heterocycles. The fourth-order valence-corrected chi connectivity index (χ4v) is 0.720. The number of hydrogen-bond acceptors (Lipinski definition) is 2. The van der Waals surface area contributed by atoms with Crippen LogP contribution in [0.15, 0.2) is 25.3 Å². The first-order valence-corrected chi connectivity index (χ1v) is 3.61. The first-order chi connectivity index (χ1) is 5.20. The molecule has 0 aromatic carbocycles. The molecule has 0 N–H and O–H groups in total. The van der Waals surface area contributed by atoms with Gasteiger partial charge < -0.3 is 4.74 Å². The highest BCUT2D eigenvalue weighted by Crippen LogP contribution is 2.03. The molecule has 0 fully saturated rings. The highest BCUT2D eigenvalue weighted by atomic mass is 16.5. The number of carbonyl (C=O) groups excluding carboxylic acids is 1. The number of ether oxygens (including phenoxy) is 1. The van der Waals surface area contributed by atoms with Crippen molar-refractivity contribution >= 4 is 5.97 Å². The summed E-state index contributed by atoms with van der Waals surface area (Å²) < 4.78 is 4.90. The molecule has 0 heterocycles. The first kappa shape index (κ1) is 9.95. The molecule has 0 aliphatic carbocycles. The lowest BCUT2D eigenvalue weighted by Gasteiger charge is -2.10. The molecule has 62 valence electrons. The van der Waals surface area contributed by atoms with Crippen molar-refractivity contribution in [2.75, 3.05) is 0 Å². The van der Waals surface area contributed by atoms with Gasteiger partial charge in [-0.1, -0.05) is 18.7 Å². The van der Waals surface area contributed by atoms with E-state index in [9.17, 15) is 4.79 Å². The van der Waals surface area contributed by atoms with Crippen molar-refractivity contribution in [3.63, 3.8) is 0 Å². The summed E-state index contributed by atoms with van der Waals surface area (Å²) in [6.07, 6.45) is 4.87. The van der Waals surface area contributed by atoms with Crippen molar-refractivity contribution in [3.05, 3.63) is 25.3 Å². The first-order valence-electron chi connectivity index (χ1n) is 3.61. The lowest BCUT2D eigenvalue weighted by molar-refractivity contribution is -0.144. The van der Waals surface area contributed by atoms with Gasteiger partial charge in [0.2, 0.25) is 0 Å². The van der Waals surface area contributed by atoms with Crippen LogP contribution >= 0.6 is 0 Å². The molecule has 0 saturated carbocycles. The van der Waals surface area contributed by atoms with Crippen LogP contribution in [0.4, 0.5) is 0 Å². The third kappa shape index (κ3) is 5.40. The van der Waals surface area contributed by atoms with E-state index in [1.165, 1.54) is 6.92 Å². The number of hydrogen-bond donors (Lipinski definition) is 0. The van der Waals surface area contributed by atoms with Gasteiger partial charge in [0.15, 0.2) is 0 Å². The van der Waals surface area contributed by atoms with Crippen LogP contribution in [-0.4, -0.2) is 12.1 Å². The number of allylic oxidation sites excluding steroid dienone is 1. The van der Waals surface area contributed by atoms with Crippen LogP contribution in [-0.2, 0) is 9.53 Å². The molecule has 0 bridgehead atoms. The van der Waals surface area contributed by atoms with Crippen molar-refractivity contribution in [1.82, 2.24) is 0 Å². The molecule has 0 rings (SSSR count). The van der Waals surface area contributed by atoms with E-state index >= 15 is 0 Å². The van der Waals surface area contributed by atoms with E-state index in [-0.39, 0.29) is 12.1 Å². The molecule has 1 unspecified atom stereocenters. The molecule has 11 heavy (non-hydrogen) atoms. The van der Waals surface area contributed by atoms with E-state index in [0.29, 0.717) is 0 Å². The Labute approximate surface area is 67.6 Å². The van der Waals surface area contributed by atoms with E-state index in [1.54, 1.807) is 12.2 Å². The van der Waals surface area contributed by atoms with E-state index < -0.39 is 0 Å². The molecule has 0 aliphatic rings. The summed E-state index contributed by atoms with van der Waals surface area (Å²) in [6.45, 7) is 8.52. The topological polar surface area (TPSA) is 26.3 Å². The minimum atomic E-state index is -0.265. The third-order valence-corrected chi connectivity index (χ3v) is 1.24. The van der Waals surface area contributed by atoms with Gasteiger partial charge in [-0.25, -0.2) is 0 Å². The predicted molar refractivity (Wildman–Crippen MR) is 45.2 cm³/mol. The van der Waals surface area contributed by atoms with Crippen molar-refractivity contribution in [2.24, 2.45) is 0 Å². The Morgan fingerprint density at radius 1 is 1.64 bits per heavy atom. The maximum absolute atomic E-state index is 10.5. The fourth-order valence-electron chi connectivity index (χ4n) is 0.720. The second-order valence-corrected chi connectivity index (χ2v) is 2.25. The molecule has 1 atom stereocenters. The van der Waals surface area contributed by atoms with Gasteiger partial charge in [-0.3, -0.25) is 4.79 Å². The summed E-state index contributed by atoms with van der Waals surface area (Å²) in [5.41, 5.74) is 0. The van der Waals surface area contributed by atoms with E-state index in [1.807, 2.05) is 0 Å². The molecule has 0 radical (unpaired) electrons. The monoisotopic (exact) mass is 154 g/mol. The van der Waals surface area contributed by atoms with Gasteiger partial charge >= 0.3 is 5.97 Å². The SMILES string of the molecule is C=CCCC(C=C)OC(C)=O. The molecular formula is C9H14O2. The molecule has 0 aromatic rings. The zero-order chi connectivity index (χ0) is 8.69. The Balaban J connectivity index is 3.65. The average Bonchev–Trinajstić information content (AvgIpc) is 1.97. The van der Waals surface area contributed by atoms with Crippen LogP contribution in [0.3, 0.4) is 0 Å². The highest BCUT2D eigenvalue weighted by Gasteiger charge is 2.04. The van der Waals surface area contributed by atoms with Crippen LogP contribution in [0.5, 0.6) is 0 Å². The van der Waals surface area contributed by atoms with Gasteiger partial charge in [-0.05, 0) is 12.8 Å². The van der Waals surface area contributed by atoms with Crippen LogP contribution in [0, 0.1) is 0 Å². The summed E-state index contributed by atoms with van der Waals surface area (Å²) in [6, 6.07) is 0. The second kappa shape index (κ2) is 5.71.